The summed E-state index contributed by atoms with van der Waals surface area (Å²) in [6.07, 6.45) is 18.9. The number of hydrogen-bond acceptors (Lipinski definition) is 1. The molecule has 0 fully saturated rings. The number of rotatable bonds is 3. The van der Waals surface area contributed by atoms with Gasteiger partial charge in [0.1, 0.15) is 11.3 Å². The molecule has 6 aliphatic carbocycles. The monoisotopic (exact) mass is 710 g/mol. The highest BCUT2D eigenvalue weighted by atomic mass is 16.3. The van der Waals surface area contributed by atoms with E-state index in [0.29, 0.717) is 0 Å². The predicted octanol–water partition coefficient (Wildman–Crippen LogP) is 13.5. The predicted molar refractivity (Wildman–Crippen MR) is 229 cm³/mol. The Labute approximate surface area is 326 Å². The number of hydrogen-bond donors (Lipinski definition) is 0. The van der Waals surface area contributed by atoms with Gasteiger partial charge in [0, 0.05) is 28.3 Å². The Hall–Kier alpha value is -6.96. The third-order valence-corrected chi connectivity index (χ3v) is 13.3. The van der Waals surface area contributed by atoms with Crippen molar-refractivity contribution in [2.24, 2.45) is 11.8 Å². The smallest absolute Gasteiger partial charge is 0.140 e. The van der Waals surface area contributed by atoms with E-state index < -0.39 is 5.41 Å². The summed E-state index contributed by atoms with van der Waals surface area (Å²) in [6.45, 7) is 0. The highest BCUT2D eigenvalue weighted by molar-refractivity contribution is 6.03. The highest BCUT2D eigenvalue weighted by Gasteiger charge is 2.54. The van der Waals surface area contributed by atoms with Gasteiger partial charge in [-0.3, -0.25) is 0 Å². The molecule has 1 spiro atoms. The van der Waals surface area contributed by atoms with Crippen LogP contribution in [0.3, 0.4) is 0 Å². The van der Waals surface area contributed by atoms with Crippen LogP contribution in [-0.4, -0.2) is 0 Å². The molecule has 1 aromatic heterocycles. The van der Waals surface area contributed by atoms with Crippen molar-refractivity contribution in [2.75, 3.05) is 0 Å². The van der Waals surface area contributed by atoms with Crippen LogP contribution in [0.5, 0.6) is 0 Å². The maximum atomic E-state index is 6.77. The lowest BCUT2D eigenvalue weighted by Crippen LogP contribution is -2.31. The van der Waals surface area contributed by atoms with E-state index in [0.717, 1.165) is 11.3 Å². The van der Waals surface area contributed by atoms with Gasteiger partial charge in [-0.25, -0.2) is 0 Å². The highest BCUT2D eigenvalue weighted by Crippen LogP contribution is 2.65. The van der Waals surface area contributed by atoms with Crippen LogP contribution in [0.25, 0.3) is 55.7 Å². The SMILES string of the molecule is C1=CC2=CC(c3ccc(-c4ccccc4)cc3)=C3C=CC=C4C=C(c5ccc6c(c5)C5(c7ccccc7-6)c6ccccc6-c6oc7ccccc7c65)C(=C1)C2C43. The molecular weight excluding hydrogens is 677 g/mol. The zero-order valence-electron chi connectivity index (χ0n) is 30.5. The average molecular weight is 711 g/mol. The van der Waals surface area contributed by atoms with E-state index in [1.54, 1.807) is 0 Å². The Kier molecular flexibility index (Phi) is 6.00. The summed E-state index contributed by atoms with van der Waals surface area (Å²) in [5, 5.41) is 1.19. The minimum atomic E-state index is -0.483. The van der Waals surface area contributed by atoms with Crippen LogP contribution in [-0.2, 0) is 5.41 Å². The van der Waals surface area contributed by atoms with Gasteiger partial charge in [-0.05, 0) is 95.6 Å². The molecule has 0 aliphatic heterocycles. The number of allylic oxidation sites excluding steroid dienone is 14. The fourth-order valence-corrected chi connectivity index (χ4v) is 11.1. The fraction of sp³-hybridized carbons (Fsp3) is 0.0545. The van der Waals surface area contributed by atoms with E-state index in [4.69, 9.17) is 4.42 Å². The first-order valence-electron chi connectivity index (χ1n) is 19.7. The first-order valence-corrected chi connectivity index (χ1v) is 19.7. The standard InChI is InChI=1S/C55H34O/c1-2-12-33(13-3-1)34-24-26-35(27-25-34)45-30-37-14-11-20-42-46(31-38-15-10-19-41(45)51(38)52(37)42)36-28-29-40-39-16-4-7-21-47(39)55(49(40)32-36)48-22-8-5-17-43(48)54-53(55)44-18-6-9-23-50(44)56-54/h1-32,51-52H. The van der Waals surface area contributed by atoms with Gasteiger partial charge >= 0.3 is 0 Å². The third-order valence-electron chi connectivity index (χ3n) is 13.3. The van der Waals surface area contributed by atoms with Crippen molar-refractivity contribution < 1.29 is 4.42 Å². The summed E-state index contributed by atoms with van der Waals surface area (Å²) < 4.78 is 6.77. The van der Waals surface area contributed by atoms with Crippen LogP contribution in [0.15, 0.2) is 221 Å². The van der Waals surface area contributed by atoms with Crippen LogP contribution >= 0.6 is 0 Å². The Morgan fingerprint density at radius 3 is 2.04 bits per heavy atom. The zero-order valence-corrected chi connectivity index (χ0v) is 30.5. The molecule has 0 saturated carbocycles. The number of benzene rings is 6. The van der Waals surface area contributed by atoms with Crippen molar-refractivity contribution >= 4 is 22.1 Å². The molecule has 7 aromatic rings. The van der Waals surface area contributed by atoms with E-state index in [9.17, 15) is 0 Å². The average Bonchev–Trinajstić information content (AvgIpc) is 3.89. The molecule has 0 amide bonds. The molecule has 6 aliphatic rings. The fourth-order valence-electron chi connectivity index (χ4n) is 11.1. The second kappa shape index (κ2) is 11.1. The van der Waals surface area contributed by atoms with Crippen molar-refractivity contribution in [3.05, 3.63) is 250 Å². The summed E-state index contributed by atoms with van der Waals surface area (Å²) in [4.78, 5) is 0. The van der Waals surface area contributed by atoms with E-state index in [1.807, 2.05) is 0 Å². The summed E-state index contributed by atoms with van der Waals surface area (Å²) in [5.74, 6) is 1.53. The lowest BCUT2D eigenvalue weighted by Gasteiger charge is -2.43. The molecule has 0 radical (unpaired) electrons. The normalized spacial score (nSPS) is 21.5. The van der Waals surface area contributed by atoms with Gasteiger partial charge in [0.15, 0.2) is 0 Å². The van der Waals surface area contributed by atoms with Gasteiger partial charge in [0.25, 0.3) is 0 Å². The summed E-state index contributed by atoms with van der Waals surface area (Å²) in [7, 11) is 0. The lowest BCUT2D eigenvalue weighted by molar-refractivity contribution is 0.571. The van der Waals surface area contributed by atoms with Gasteiger partial charge in [0.2, 0.25) is 0 Å². The molecule has 0 saturated heterocycles. The molecular formula is C55H34O. The Morgan fingerprint density at radius 2 is 1.16 bits per heavy atom. The van der Waals surface area contributed by atoms with E-state index >= 15 is 0 Å². The quantitative estimate of drug-likeness (QED) is 0.178. The Balaban J connectivity index is 0.990. The van der Waals surface area contributed by atoms with Crippen molar-refractivity contribution in [1.82, 2.24) is 0 Å². The Bertz CT molecular complexity index is 3110. The summed E-state index contributed by atoms with van der Waals surface area (Å²) in [5.41, 5.74) is 22.7. The van der Waals surface area contributed by atoms with Crippen LogP contribution in [0.1, 0.15) is 33.4 Å². The summed E-state index contributed by atoms with van der Waals surface area (Å²) >= 11 is 0. The first-order chi connectivity index (χ1) is 27.8. The van der Waals surface area contributed by atoms with Crippen molar-refractivity contribution in [3.8, 4) is 33.6 Å². The molecule has 56 heavy (non-hydrogen) atoms. The summed E-state index contributed by atoms with van der Waals surface area (Å²) in [6, 6.07) is 53.6. The molecule has 13 rings (SSSR count). The molecule has 0 N–H and O–H groups in total. The molecule has 1 heterocycles. The first kappa shape index (κ1) is 30.4. The van der Waals surface area contributed by atoms with Crippen LogP contribution < -0.4 is 0 Å². The Morgan fingerprint density at radius 1 is 0.482 bits per heavy atom. The molecule has 3 atom stereocenters. The topological polar surface area (TPSA) is 13.1 Å². The minimum Gasteiger partial charge on any atom is -0.456 e. The van der Waals surface area contributed by atoms with Crippen molar-refractivity contribution in [2.45, 2.75) is 5.41 Å². The maximum absolute atomic E-state index is 6.77. The van der Waals surface area contributed by atoms with Crippen LogP contribution in [0, 0.1) is 11.8 Å². The third kappa shape index (κ3) is 3.84. The molecule has 260 valence electrons. The van der Waals surface area contributed by atoms with Crippen LogP contribution in [0.4, 0.5) is 0 Å². The molecule has 3 unspecified atom stereocenters. The van der Waals surface area contributed by atoms with E-state index in [-0.39, 0.29) is 11.8 Å². The minimum absolute atomic E-state index is 0.259. The van der Waals surface area contributed by atoms with Crippen LogP contribution in [0.2, 0.25) is 0 Å². The maximum Gasteiger partial charge on any atom is 0.140 e. The van der Waals surface area contributed by atoms with Gasteiger partial charge < -0.3 is 4.42 Å². The zero-order chi connectivity index (χ0) is 36.5. The van der Waals surface area contributed by atoms with Crippen molar-refractivity contribution in [3.63, 3.8) is 0 Å². The second-order valence-electron chi connectivity index (χ2n) is 15.9. The van der Waals surface area contributed by atoms with Gasteiger partial charge in [0.05, 0.1) is 5.41 Å². The second-order valence-corrected chi connectivity index (χ2v) is 15.9. The molecule has 6 aromatic carbocycles. The largest absolute Gasteiger partial charge is 0.456 e. The lowest BCUT2D eigenvalue weighted by atomic mass is 9.60. The number of para-hydroxylation sites is 1. The number of furan rings is 1. The van der Waals surface area contributed by atoms with Gasteiger partial charge in [-0.15, -0.1) is 0 Å². The van der Waals surface area contributed by atoms with E-state index in [2.05, 4.69) is 194 Å². The number of fused-ring (bicyclic) bond motifs is 12. The van der Waals surface area contributed by atoms with E-state index in [1.165, 1.54) is 100 Å². The van der Waals surface area contributed by atoms with Crippen molar-refractivity contribution in [1.29, 1.82) is 0 Å². The van der Waals surface area contributed by atoms with Gasteiger partial charge in [-0.2, -0.15) is 0 Å². The molecule has 1 heteroatoms. The van der Waals surface area contributed by atoms with Gasteiger partial charge in [-0.1, -0.05) is 182 Å². The molecule has 0 bridgehead atoms. The molecule has 1 nitrogen and oxygen atoms in total.